The zero-order valence-corrected chi connectivity index (χ0v) is 15.2. The van der Waals surface area contributed by atoms with Crippen LogP contribution in [0.25, 0.3) is 10.9 Å². The lowest BCUT2D eigenvalue weighted by molar-refractivity contribution is 0.332. The molecule has 4 rings (SSSR count). The Morgan fingerprint density at radius 2 is 1.72 bits per heavy atom. The molecule has 1 aromatic heterocycles. The second kappa shape index (κ2) is 6.32. The Kier molecular flexibility index (Phi) is 4.13. The predicted molar refractivity (Wildman–Crippen MR) is 100 cm³/mol. The molecule has 3 aromatic rings. The van der Waals surface area contributed by atoms with Gasteiger partial charge in [0.25, 0.3) is 10.0 Å². The number of rotatable bonds is 4. The molecule has 1 saturated heterocycles. The average molecular weight is 354 g/mol. The second-order valence-corrected chi connectivity index (χ2v) is 8.50. The molecular formula is C20H22N2O2S. The lowest BCUT2D eigenvalue weighted by Crippen LogP contribution is -2.18. The molecule has 5 heteroatoms. The van der Waals surface area contributed by atoms with Crippen molar-refractivity contribution in [2.45, 2.75) is 31.2 Å². The van der Waals surface area contributed by atoms with E-state index in [-0.39, 0.29) is 0 Å². The Hall–Kier alpha value is -2.11. The second-order valence-electron chi connectivity index (χ2n) is 6.72. The third kappa shape index (κ3) is 2.87. The monoisotopic (exact) mass is 354 g/mol. The van der Waals surface area contributed by atoms with E-state index in [1.807, 2.05) is 37.3 Å². The zero-order chi connectivity index (χ0) is 17.4. The smallest absolute Gasteiger partial charge is 0.268 e. The van der Waals surface area contributed by atoms with Crippen LogP contribution in [0.1, 0.15) is 24.0 Å². The number of hydrogen-bond donors (Lipinski definition) is 0. The summed E-state index contributed by atoms with van der Waals surface area (Å²) in [7, 11) is -3.59. The van der Waals surface area contributed by atoms with Gasteiger partial charge in [-0.2, -0.15) is 0 Å². The molecule has 25 heavy (non-hydrogen) atoms. The maximum Gasteiger partial charge on any atom is 0.268 e. The highest BCUT2D eigenvalue weighted by atomic mass is 32.2. The van der Waals surface area contributed by atoms with Crippen LogP contribution in [-0.2, 0) is 16.6 Å². The molecule has 1 aliphatic heterocycles. The Balaban J connectivity index is 1.80. The number of benzene rings is 2. The van der Waals surface area contributed by atoms with E-state index in [9.17, 15) is 8.42 Å². The molecule has 1 fully saturated rings. The van der Waals surface area contributed by atoms with Crippen LogP contribution in [0.15, 0.2) is 59.6 Å². The Labute approximate surface area is 148 Å². The van der Waals surface area contributed by atoms with E-state index in [4.69, 9.17) is 0 Å². The van der Waals surface area contributed by atoms with Crippen LogP contribution in [0, 0.1) is 6.92 Å². The van der Waals surface area contributed by atoms with Gasteiger partial charge in [0.05, 0.1) is 10.4 Å². The summed E-state index contributed by atoms with van der Waals surface area (Å²) in [5.41, 5.74) is 2.70. The van der Waals surface area contributed by atoms with E-state index >= 15 is 0 Å². The van der Waals surface area contributed by atoms with E-state index in [1.54, 1.807) is 18.3 Å². The van der Waals surface area contributed by atoms with Crippen LogP contribution in [0.4, 0.5) is 0 Å². The van der Waals surface area contributed by atoms with Gasteiger partial charge in [-0.3, -0.25) is 4.90 Å². The SMILES string of the molecule is Cc1ccccc1S(=O)(=O)n1ccc2c(CN3CCCC3)cccc21. The van der Waals surface area contributed by atoms with Crippen molar-refractivity contribution in [2.75, 3.05) is 13.1 Å². The van der Waals surface area contributed by atoms with E-state index in [0.29, 0.717) is 4.90 Å². The van der Waals surface area contributed by atoms with Crippen LogP contribution in [0.3, 0.4) is 0 Å². The molecule has 0 aliphatic carbocycles. The quantitative estimate of drug-likeness (QED) is 0.716. The highest BCUT2D eigenvalue weighted by Gasteiger charge is 2.22. The number of aryl methyl sites for hydroxylation is 1. The number of nitrogens with zero attached hydrogens (tertiary/aromatic N) is 2. The zero-order valence-electron chi connectivity index (χ0n) is 14.4. The molecule has 0 unspecified atom stereocenters. The normalized spacial score (nSPS) is 15.9. The topological polar surface area (TPSA) is 42.3 Å². The molecule has 0 radical (unpaired) electrons. The summed E-state index contributed by atoms with van der Waals surface area (Å²) < 4.78 is 27.7. The molecule has 1 aliphatic rings. The predicted octanol–water partition coefficient (Wildman–Crippen LogP) is 3.78. The molecule has 130 valence electrons. The van der Waals surface area contributed by atoms with Crippen LogP contribution < -0.4 is 0 Å². The molecule has 0 atom stereocenters. The summed E-state index contributed by atoms with van der Waals surface area (Å²) in [5.74, 6) is 0. The highest BCUT2D eigenvalue weighted by molar-refractivity contribution is 7.90. The van der Waals surface area contributed by atoms with Gasteiger partial charge in [0.15, 0.2) is 0 Å². The van der Waals surface area contributed by atoms with Crippen molar-refractivity contribution < 1.29 is 8.42 Å². The summed E-state index contributed by atoms with van der Waals surface area (Å²) in [4.78, 5) is 2.79. The van der Waals surface area contributed by atoms with Crippen molar-refractivity contribution in [3.63, 3.8) is 0 Å². The number of likely N-dealkylation sites (tertiary alicyclic amines) is 1. The first-order valence-corrected chi connectivity index (χ1v) is 10.1. The molecule has 2 aromatic carbocycles. The first-order chi connectivity index (χ1) is 12.1. The van der Waals surface area contributed by atoms with Gasteiger partial charge in [0.1, 0.15) is 0 Å². The summed E-state index contributed by atoms with van der Waals surface area (Å²) in [6.07, 6.45) is 4.18. The van der Waals surface area contributed by atoms with Gasteiger partial charge >= 0.3 is 0 Å². The fourth-order valence-corrected chi connectivity index (χ4v) is 5.26. The van der Waals surface area contributed by atoms with Crippen molar-refractivity contribution in [1.82, 2.24) is 8.87 Å². The summed E-state index contributed by atoms with van der Waals surface area (Å²) >= 11 is 0. The largest absolute Gasteiger partial charge is 0.299 e. The fourth-order valence-electron chi connectivity index (χ4n) is 3.69. The molecule has 0 saturated carbocycles. The van der Waals surface area contributed by atoms with Gasteiger partial charge in [-0.15, -0.1) is 0 Å². The Morgan fingerprint density at radius 3 is 2.48 bits per heavy atom. The lowest BCUT2D eigenvalue weighted by Gasteiger charge is -2.15. The van der Waals surface area contributed by atoms with Crippen molar-refractivity contribution in [3.05, 3.63) is 65.9 Å². The van der Waals surface area contributed by atoms with Gasteiger partial charge in [-0.25, -0.2) is 12.4 Å². The first-order valence-electron chi connectivity index (χ1n) is 8.70. The van der Waals surface area contributed by atoms with Crippen LogP contribution >= 0.6 is 0 Å². The summed E-state index contributed by atoms with van der Waals surface area (Å²) in [6.45, 7) is 4.96. The lowest BCUT2D eigenvalue weighted by atomic mass is 10.1. The molecule has 2 heterocycles. The highest BCUT2D eigenvalue weighted by Crippen LogP contribution is 2.27. The molecule has 0 N–H and O–H groups in total. The summed E-state index contributed by atoms with van der Waals surface area (Å²) in [6, 6.07) is 15.0. The van der Waals surface area contributed by atoms with E-state index < -0.39 is 10.0 Å². The Bertz CT molecular complexity index is 1020. The van der Waals surface area contributed by atoms with Gasteiger partial charge in [0, 0.05) is 18.1 Å². The van der Waals surface area contributed by atoms with Crippen LogP contribution in [0.5, 0.6) is 0 Å². The molecule has 0 amide bonds. The van der Waals surface area contributed by atoms with E-state index in [0.717, 1.165) is 36.1 Å². The van der Waals surface area contributed by atoms with E-state index in [1.165, 1.54) is 22.4 Å². The minimum absolute atomic E-state index is 0.359. The molecule has 0 spiro atoms. The van der Waals surface area contributed by atoms with Crippen molar-refractivity contribution in [1.29, 1.82) is 0 Å². The van der Waals surface area contributed by atoms with Crippen molar-refractivity contribution in [3.8, 4) is 0 Å². The van der Waals surface area contributed by atoms with Gasteiger partial charge < -0.3 is 0 Å². The maximum absolute atomic E-state index is 13.1. The number of aromatic nitrogens is 1. The average Bonchev–Trinajstić information content (AvgIpc) is 3.25. The maximum atomic E-state index is 13.1. The van der Waals surface area contributed by atoms with Crippen molar-refractivity contribution in [2.24, 2.45) is 0 Å². The third-order valence-corrected chi connectivity index (χ3v) is 6.86. The molecule has 4 nitrogen and oxygen atoms in total. The van der Waals surface area contributed by atoms with Gasteiger partial charge in [-0.05, 0) is 62.2 Å². The first kappa shape index (κ1) is 16.4. The van der Waals surface area contributed by atoms with Crippen LogP contribution in [0.2, 0.25) is 0 Å². The Morgan fingerprint density at radius 1 is 0.960 bits per heavy atom. The summed E-state index contributed by atoms with van der Waals surface area (Å²) in [5, 5.41) is 1.02. The van der Waals surface area contributed by atoms with Gasteiger partial charge in [0.2, 0.25) is 0 Å². The van der Waals surface area contributed by atoms with Gasteiger partial charge in [-0.1, -0.05) is 30.3 Å². The van der Waals surface area contributed by atoms with Crippen LogP contribution in [-0.4, -0.2) is 30.4 Å². The molecular weight excluding hydrogens is 332 g/mol. The standard InChI is InChI=1S/C20H22N2O2S/c1-16-7-2-3-10-20(16)25(23,24)22-14-11-18-17(8-6-9-19(18)22)15-21-12-4-5-13-21/h2-3,6-11,14H,4-5,12-13,15H2,1H3. The fraction of sp³-hybridized carbons (Fsp3) is 0.300. The van der Waals surface area contributed by atoms with Crippen molar-refractivity contribution >= 4 is 20.9 Å². The minimum atomic E-state index is -3.59. The minimum Gasteiger partial charge on any atom is -0.299 e. The molecule has 0 bridgehead atoms. The number of fused-ring (bicyclic) bond motifs is 1. The third-order valence-electron chi connectivity index (χ3n) is 5.01. The number of hydrogen-bond acceptors (Lipinski definition) is 3. The van der Waals surface area contributed by atoms with E-state index in [2.05, 4.69) is 11.0 Å².